The second-order valence-corrected chi connectivity index (χ2v) is 6.84. The number of para-hydroxylation sites is 1. The zero-order valence-corrected chi connectivity index (χ0v) is 14.6. The SMILES string of the molecule is Cc1cc(N2CCN(C)CC2)nc(N2CCCc3ccccc32)n1. The molecule has 0 spiro atoms. The molecule has 5 nitrogen and oxygen atoms in total. The van der Waals surface area contributed by atoms with Crippen molar-refractivity contribution >= 4 is 17.5 Å². The van der Waals surface area contributed by atoms with Crippen LogP contribution >= 0.6 is 0 Å². The van der Waals surface area contributed by atoms with Crippen LogP contribution in [0.15, 0.2) is 30.3 Å². The molecule has 5 heteroatoms. The van der Waals surface area contributed by atoms with E-state index in [0.717, 1.165) is 63.0 Å². The maximum Gasteiger partial charge on any atom is 0.232 e. The lowest BCUT2D eigenvalue weighted by atomic mass is 10.0. The van der Waals surface area contributed by atoms with Crippen molar-refractivity contribution in [2.24, 2.45) is 0 Å². The lowest BCUT2D eigenvalue weighted by Crippen LogP contribution is -2.45. The molecule has 1 aromatic carbocycles. The fraction of sp³-hybridized carbons (Fsp3) is 0.474. The van der Waals surface area contributed by atoms with Crippen molar-refractivity contribution in [2.45, 2.75) is 19.8 Å². The van der Waals surface area contributed by atoms with Gasteiger partial charge in [-0.15, -0.1) is 0 Å². The van der Waals surface area contributed by atoms with E-state index in [1.165, 1.54) is 11.3 Å². The van der Waals surface area contributed by atoms with Gasteiger partial charge in [0.2, 0.25) is 5.95 Å². The van der Waals surface area contributed by atoms with E-state index >= 15 is 0 Å². The minimum atomic E-state index is 0.844. The Labute approximate surface area is 143 Å². The van der Waals surface area contributed by atoms with Gasteiger partial charge in [-0.2, -0.15) is 4.98 Å². The summed E-state index contributed by atoms with van der Waals surface area (Å²) in [5, 5.41) is 0. The van der Waals surface area contributed by atoms with E-state index in [1.807, 2.05) is 0 Å². The zero-order chi connectivity index (χ0) is 16.5. The van der Waals surface area contributed by atoms with Gasteiger partial charge < -0.3 is 14.7 Å². The minimum absolute atomic E-state index is 0.844. The number of piperazine rings is 1. The Hall–Kier alpha value is -2.14. The molecule has 2 aliphatic heterocycles. The molecular formula is C19H25N5. The molecule has 0 aliphatic carbocycles. The highest BCUT2D eigenvalue weighted by Gasteiger charge is 2.22. The average Bonchev–Trinajstić information content (AvgIpc) is 2.61. The van der Waals surface area contributed by atoms with E-state index in [2.05, 4.69) is 59.0 Å². The summed E-state index contributed by atoms with van der Waals surface area (Å²) in [6.07, 6.45) is 2.29. The van der Waals surface area contributed by atoms with Crippen LogP contribution in [0.4, 0.5) is 17.5 Å². The fourth-order valence-corrected chi connectivity index (χ4v) is 3.60. The first-order chi connectivity index (χ1) is 11.7. The summed E-state index contributed by atoms with van der Waals surface area (Å²) >= 11 is 0. The highest BCUT2D eigenvalue weighted by atomic mass is 15.3. The molecule has 1 fully saturated rings. The summed E-state index contributed by atoms with van der Waals surface area (Å²) in [4.78, 5) is 16.7. The topological polar surface area (TPSA) is 35.5 Å². The van der Waals surface area contributed by atoms with Crippen molar-refractivity contribution in [1.29, 1.82) is 0 Å². The Bertz CT molecular complexity index is 721. The third-order valence-corrected chi connectivity index (χ3v) is 5.01. The first kappa shape index (κ1) is 15.4. The second-order valence-electron chi connectivity index (χ2n) is 6.84. The Morgan fingerprint density at radius 1 is 0.958 bits per heavy atom. The van der Waals surface area contributed by atoms with Gasteiger partial charge in [0.25, 0.3) is 0 Å². The standard InChI is InChI=1S/C19H25N5/c1-15-14-18(23-12-10-22(2)11-13-23)21-19(20-15)24-9-5-7-16-6-3-4-8-17(16)24/h3-4,6,8,14H,5,7,9-13H2,1-2H3. The highest BCUT2D eigenvalue weighted by molar-refractivity contribution is 5.64. The number of hydrogen-bond donors (Lipinski definition) is 0. The molecule has 126 valence electrons. The monoisotopic (exact) mass is 323 g/mol. The normalized spacial score (nSPS) is 18.6. The molecule has 1 aromatic heterocycles. The third kappa shape index (κ3) is 2.96. The van der Waals surface area contributed by atoms with Crippen LogP contribution in [0.2, 0.25) is 0 Å². The second kappa shape index (κ2) is 6.40. The molecule has 0 N–H and O–H groups in total. The lowest BCUT2D eigenvalue weighted by molar-refractivity contribution is 0.312. The van der Waals surface area contributed by atoms with Gasteiger partial charge in [0.1, 0.15) is 5.82 Å². The Morgan fingerprint density at radius 2 is 1.75 bits per heavy atom. The van der Waals surface area contributed by atoms with E-state index < -0.39 is 0 Å². The van der Waals surface area contributed by atoms with Gasteiger partial charge in [-0.1, -0.05) is 18.2 Å². The predicted octanol–water partition coefficient (Wildman–Crippen LogP) is 2.62. The molecule has 2 aliphatic rings. The first-order valence-corrected chi connectivity index (χ1v) is 8.85. The number of hydrogen-bond acceptors (Lipinski definition) is 5. The molecular weight excluding hydrogens is 298 g/mol. The minimum Gasteiger partial charge on any atom is -0.354 e. The summed E-state index contributed by atoms with van der Waals surface area (Å²) in [5.41, 5.74) is 3.70. The van der Waals surface area contributed by atoms with Crippen molar-refractivity contribution in [3.05, 3.63) is 41.6 Å². The predicted molar refractivity (Wildman–Crippen MR) is 98.2 cm³/mol. The Kier molecular flexibility index (Phi) is 4.10. The van der Waals surface area contributed by atoms with Crippen molar-refractivity contribution in [3.63, 3.8) is 0 Å². The van der Waals surface area contributed by atoms with Gasteiger partial charge in [0, 0.05) is 50.2 Å². The van der Waals surface area contributed by atoms with Gasteiger partial charge in [-0.3, -0.25) is 0 Å². The summed E-state index contributed by atoms with van der Waals surface area (Å²) in [5.74, 6) is 1.91. The maximum atomic E-state index is 4.93. The number of likely N-dealkylation sites (N-methyl/N-ethyl adjacent to an activating group) is 1. The van der Waals surface area contributed by atoms with Crippen molar-refractivity contribution in [1.82, 2.24) is 14.9 Å². The molecule has 2 aromatic rings. The number of rotatable bonds is 2. The van der Waals surface area contributed by atoms with Crippen molar-refractivity contribution in [3.8, 4) is 0 Å². The third-order valence-electron chi connectivity index (χ3n) is 5.01. The summed E-state index contributed by atoms with van der Waals surface area (Å²) in [7, 11) is 2.18. The van der Waals surface area contributed by atoms with Gasteiger partial charge in [-0.05, 0) is 38.4 Å². The lowest BCUT2D eigenvalue weighted by Gasteiger charge is -2.34. The van der Waals surface area contributed by atoms with E-state index in [0.29, 0.717) is 0 Å². The fourth-order valence-electron chi connectivity index (χ4n) is 3.60. The number of fused-ring (bicyclic) bond motifs is 1. The maximum absolute atomic E-state index is 4.93. The van der Waals surface area contributed by atoms with Gasteiger partial charge in [-0.25, -0.2) is 4.98 Å². The number of aromatic nitrogens is 2. The number of benzene rings is 1. The van der Waals surface area contributed by atoms with Gasteiger partial charge in [0.05, 0.1) is 0 Å². The summed E-state index contributed by atoms with van der Waals surface area (Å²) in [6, 6.07) is 10.8. The van der Waals surface area contributed by atoms with Crippen LogP contribution in [-0.4, -0.2) is 54.6 Å². The average molecular weight is 323 g/mol. The molecule has 0 bridgehead atoms. The van der Waals surface area contributed by atoms with Crippen LogP contribution in [0, 0.1) is 6.92 Å². The van der Waals surface area contributed by atoms with Crippen molar-refractivity contribution < 1.29 is 0 Å². The molecule has 0 unspecified atom stereocenters. The van der Waals surface area contributed by atoms with Crippen LogP contribution in [0.3, 0.4) is 0 Å². The van der Waals surface area contributed by atoms with E-state index in [1.54, 1.807) is 0 Å². The molecule has 0 saturated carbocycles. The van der Waals surface area contributed by atoms with E-state index in [-0.39, 0.29) is 0 Å². The van der Waals surface area contributed by atoms with Crippen LogP contribution in [0.5, 0.6) is 0 Å². The first-order valence-electron chi connectivity index (χ1n) is 8.85. The summed E-state index contributed by atoms with van der Waals surface area (Å²) < 4.78 is 0. The molecule has 1 saturated heterocycles. The van der Waals surface area contributed by atoms with Gasteiger partial charge >= 0.3 is 0 Å². The number of nitrogens with zero attached hydrogens (tertiary/aromatic N) is 5. The van der Waals surface area contributed by atoms with Crippen LogP contribution in [-0.2, 0) is 6.42 Å². The molecule has 0 radical (unpaired) electrons. The molecule has 24 heavy (non-hydrogen) atoms. The van der Waals surface area contributed by atoms with E-state index in [4.69, 9.17) is 9.97 Å². The number of anilines is 3. The quantitative estimate of drug-likeness (QED) is 0.849. The molecule has 3 heterocycles. The van der Waals surface area contributed by atoms with E-state index in [9.17, 15) is 0 Å². The van der Waals surface area contributed by atoms with Gasteiger partial charge in [0.15, 0.2) is 0 Å². The Morgan fingerprint density at radius 3 is 2.58 bits per heavy atom. The van der Waals surface area contributed by atoms with Crippen LogP contribution < -0.4 is 9.80 Å². The Balaban J connectivity index is 1.67. The summed E-state index contributed by atoms with van der Waals surface area (Å²) in [6.45, 7) is 7.30. The number of aryl methyl sites for hydroxylation is 2. The van der Waals surface area contributed by atoms with Crippen LogP contribution in [0.25, 0.3) is 0 Å². The largest absolute Gasteiger partial charge is 0.354 e. The highest BCUT2D eigenvalue weighted by Crippen LogP contribution is 2.32. The van der Waals surface area contributed by atoms with Crippen LogP contribution in [0.1, 0.15) is 17.7 Å². The molecule has 0 atom stereocenters. The molecule has 4 rings (SSSR count). The molecule has 0 amide bonds. The smallest absolute Gasteiger partial charge is 0.232 e. The van der Waals surface area contributed by atoms with Crippen molar-refractivity contribution in [2.75, 3.05) is 49.6 Å². The zero-order valence-electron chi connectivity index (χ0n) is 14.6.